The van der Waals surface area contributed by atoms with E-state index in [0.717, 1.165) is 12.1 Å². The van der Waals surface area contributed by atoms with Gasteiger partial charge in [-0.15, -0.1) is 0 Å². The van der Waals surface area contributed by atoms with Crippen molar-refractivity contribution in [2.45, 2.75) is 12.3 Å². The maximum atomic E-state index is 13.1. The van der Waals surface area contributed by atoms with Gasteiger partial charge >= 0.3 is 6.18 Å². The molecule has 0 bridgehead atoms. The van der Waals surface area contributed by atoms with Crippen molar-refractivity contribution in [3.05, 3.63) is 69.8 Å². The molecule has 0 fully saturated rings. The van der Waals surface area contributed by atoms with E-state index in [-0.39, 0.29) is 0 Å². The summed E-state index contributed by atoms with van der Waals surface area (Å²) >= 11 is 0. The Morgan fingerprint density at radius 2 is 1.83 bits per heavy atom. The molecule has 8 heteroatoms. The first-order valence-corrected chi connectivity index (χ1v) is 6.30. The summed E-state index contributed by atoms with van der Waals surface area (Å²) in [5.41, 5.74) is -1.64. The SMILES string of the molecule is N#CC(Oc1ccc([N+](=O)[O-])cc1C(F)(F)F)c1ccccc1. The normalized spacial score (nSPS) is 12.3. The molecule has 0 amide bonds. The smallest absolute Gasteiger partial charge is 0.420 e. The van der Waals surface area contributed by atoms with E-state index in [1.807, 2.05) is 0 Å². The van der Waals surface area contributed by atoms with Crippen molar-refractivity contribution >= 4 is 5.69 Å². The molecule has 0 heterocycles. The van der Waals surface area contributed by atoms with Crippen molar-refractivity contribution < 1.29 is 22.8 Å². The van der Waals surface area contributed by atoms with Crippen molar-refractivity contribution in [2.24, 2.45) is 0 Å². The number of nitro groups is 1. The number of hydrogen-bond acceptors (Lipinski definition) is 4. The van der Waals surface area contributed by atoms with E-state index >= 15 is 0 Å². The van der Waals surface area contributed by atoms with Gasteiger partial charge < -0.3 is 4.74 Å². The van der Waals surface area contributed by atoms with Crippen LogP contribution < -0.4 is 4.74 Å². The number of benzene rings is 2. The lowest BCUT2D eigenvalue weighted by Crippen LogP contribution is -2.12. The molecule has 2 aromatic rings. The molecule has 23 heavy (non-hydrogen) atoms. The topological polar surface area (TPSA) is 76.2 Å². The predicted molar refractivity (Wildman–Crippen MR) is 73.5 cm³/mol. The average Bonchev–Trinajstić information content (AvgIpc) is 2.52. The van der Waals surface area contributed by atoms with Gasteiger partial charge in [-0.25, -0.2) is 0 Å². The van der Waals surface area contributed by atoms with E-state index in [1.165, 1.54) is 12.1 Å². The summed E-state index contributed by atoms with van der Waals surface area (Å²) in [6.07, 6.45) is -6.11. The number of ether oxygens (including phenoxy) is 1. The van der Waals surface area contributed by atoms with Gasteiger partial charge in [0.25, 0.3) is 5.69 Å². The van der Waals surface area contributed by atoms with Gasteiger partial charge in [0.15, 0.2) is 0 Å². The molecule has 118 valence electrons. The van der Waals surface area contributed by atoms with Crippen LogP contribution in [-0.2, 0) is 6.18 Å². The molecule has 1 unspecified atom stereocenters. The monoisotopic (exact) mass is 322 g/mol. The maximum absolute atomic E-state index is 13.1. The second-order valence-electron chi connectivity index (χ2n) is 4.47. The Morgan fingerprint density at radius 1 is 1.17 bits per heavy atom. The summed E-state index contributed by atoms with van der Waals surface area (Å²) in [6, 6.07) is 11.9. The fourth-order valence-corrected chi connectivity index (χ4v) is 1.88. The highest BCUT2D eigenvalue weighted by Crippen LogP contribution is 2.39. The highest BCUT2D eigenvalue weighted by atomic mass is 19.4. The number of nitriles is 1. The van der Waals surface area contributed by atoms with Gasteiger partial charge in [-0.05, 0) is 6.07 Å². The Labute approximate surface area is 128 Å². The Hall–Kier alpha value is -3.08. The second-order valence-corrected chi connectivity index (χ2v) is 4.47. The first-order valence-electron chi connectivity index (χ1n) is 6.30. The minimum Gasteiger partial charge on any atom is -0.470 e. The number of alkyl halides is 3. The van der Waals surface area contributed by atoms with Crippen LogP contribution in [0.25, 0.3) is 0 Å². The third kappa shape index (κ3) is 3.77. The summed E-state index contributed by atoms with van der Waals surface area (Å²) in [4.78, 5) is 9.70. The van der Waals surface area contributed by atoms with Gasteiger partial charge in [-0.3, -0.25) is 10.1 Å². The lowest BCUT2D eigenvalue weighted by molar-refractivity contribution is -0.385. The van der Waals surface area contributed by atoms with Crippen LogP contribution in [0, 0.1) is 21.4 Å². The molecule has 0 aliphatic heterocycles. The third-order valence-corrected chi connectivity index (χ3v) is 2.94. The molecule has 0 aliphatic carbocycles. The number of hydrogen-bond donors (Lipinski definition) is 0. The van der Waals surface area contributed by atoms with Crippen molar-refractivity contribution in [1.82, 2.24) is 0 Å². The summed E-state index contributed by atoms with van der Waals surface area (Å²) in [7, 11) is 0. The van der Waals surface area contributed by atoms with Crippen LogP contribution in [0.15, 0.2) is 48.5 Å². The number of nitrogens with zero attached hydrogens (tertiary/aromatic N) is 2. The summed E-state index contributed by atoms with van der Waals surface area (Å²) < 4.78 is 44.3. The molecule has 0 aliphatic rings. The van der Waals surface area contributed by atoms with E-state index in [9.17, 15) is 23.3 Å². The van der Waals surface area contributed by atoms with E-state index in [0.29, 0.717) is 11.6 Å². The van der Waals surface area contributed by atoms with E-state index in [4.69, 9.17) is 10.00 Å². The van der Waals surface area contributed by atoms with E-state index in [1.54, 1.807) is 24.3 Å². The van der Waals surface area contributed by atoms with E-state index < -0.39 is 34.2 Å². The minimum atomic E-state index is -4.85. The predicted octanol–water partition coefficient (Wildman–Crippen LogP) is 4.26. The Balaban J connectivity index is 2.43. The molecule has 5 nitrogen and oxygen atoms in total. The Bertz CT molecular complexity index is 755. The van der Waals surface area contributed by atoms with Crippen LogP contribution in [0.3, 0.4) is 0 Å². The van der Waals surface area contributed by atoms with Gasteiger partial charge in [0, 0.05) is 17.7 Å². The quantitative estimate of drug-likeness (QED) is 0.622. The molecule has 2 rings (SSSR count). The molecule has 0 N–H and O–H groups in total. The lowest BCUT2D eigenvalue weighted by atomic mass is 10.1. The minimum absolute atomic E-state index is 0.376. The molecular formula is C15H9F3N2O3. The van der Waals surface area contributed by atoms with Crippen LogP contribution in [-0.4, -0.2) is 4.92 Å². The Kier molecular flexibility index (Phi) is 4.50. The van der Waals surface area contributed by atoms with E-state index in [2.05, 4.69) is 0 Å². The molecular weight excluding hydrogens is 313 g/mol. The largest absolute Gasteiger partial charge is 0.470 e. The standard InChI is InChI=1S/C15H9F3N2O3/c16-15(17,18)12-8-11(20(21)22)6-7-13(12)23-14(9-19)10-4-2-1-3-5-10/h1-8,14H. The number of non-ortho nitro benzene ring substituents is 1. The second kappa shape index (κ2) is 6.36. The first-order chi connectivity index (χ1) is 10.8. The molecule has 0 aromatic heterocycles. The van der Waals surface area contributed by atoms with Gasteiger partial charge in [0.1, 0.15) is 17.4 Å². The zero-order chi connectivity index (χ0) is 17.0. The van der Waals surface area contributed by atoms with Crippen molar-refractivity contribution in [3.63, 3.8) is 0 Å². The molecule has 2 aromatic carbocycles. The number of nitro benzene ring substituents is 1. The summed E-state index contributed by atoms with van der Waals surface area (Å²) in [5, 5.41) is 19.7. The van der Waals surface area contributed by atoms with Gasteiger partial charge in [0.05, 0.1) is 4.92 Å². The van der Waals surface area contributed by atoms with Crippen LogP contribution in [0.1, 0.15) is 17.2 Å². The molecule has 1 atom stereocenters. The third-order valence-electron chi connectivity index (χ3n) is 2.94. The van der Waals surface area contributed by atoms with Crippen LogP contribution in [0.5, 0.6) is 5.75 Å². The van der Waals surface area contributed by atoms with Crippen molar-refractivity contribution in [2.75, 3.05) is 0 Å². The van der Waals surface area contributed by atoms with Gasteiger partial charge in [-0.1, -0.05) is 30.3 Å². The lowest BCUT2D eigenvalue weighted by Gasteiger charge is -2.17. The molecule has 0 saturated heterocycles. The van der Waals surface area contributed by atoms with Crippen LogP contribution >= 0.6 is 0 Å². The Morgan fingerprint density at radius 3 is 2.35 bits per heavy atom. The fraction of sp³-hybridized carbons (Fsp3) is 0.133. The zero-order valence-electron chi connectivity index (χ0n) is 11.4. The highest BCUT2D eigenvalue weighted by Gasteiger charge is 2.36. The molecule has 0 radical (unpaired) electrons. The molecule has 0 saturated carbocycles. The number of halogens is 3. The molecule has 0 spiro atoms. The fourth-order valence-electron chi connectivity index (χ4n) is 1.88. The summed E-state index contributed by atoms with van der Waals surface area (Å²) in [5.74, 6) is -0.640. The highest BCUT2D eigenvalue weighted by molar-refractivity contribution is 5.46. The van der Waals surface area contributed by atoms with Crippen molar-refractivity contribution in [3.8, 4) is 11.8 Å². The van der Waals surface area contributed by atoms with Gasteiger partial charge in [-0.2, -0.15) is 18.4 Å². The average molecular weight is 322 g/mol. The summed E-state index contributed by atoms with van der Waals surface area (Å²) in [6.45, 7) is 0. The van der Waals surface area contributed by atoms with Crippen LogP contribution in [0.2, 0.25) is 0 Å². The first kappa shape index (κ1) is 16.3. The van der Waals surface area contributed by atoms with Gasteiger partial charge in [0.2, 0.25) is 6.10 Å². The van der Waals surface area contributed by atoms with Crippen LogP contribution in [0.4, 0.5) is 18.9 Å². The maximum Gasteiger partial charge on any atom is 0.420 e. The number of rotatable bonds is 4. The zero-order valence-corrected chi connectivity index (χ0v) is 11.4. The van der Waals surface area contributed by atoms with Crippen molar-refractivity contribution in [1.29, 1.82) is 5.26 Å².